The van der Waals surface area contributed by atoms with Gasteiger partial charge in [0.25, 0.3) is 0 Å². The molecule has 1 aliphatic rings. The second-order valence-electron chi connectivity index (χ2n) is 5.55. The van der Waals surface area contributed by atoms with E-state index in [1.807, 2.05) is 0 Å². The summed E-state index contributed by atoms with van der Waals surface area (Å²) in [5, 5.41) is 7.63. The number of aromatic nitrogens is 4. The first kappa shape index (κ1) is 14.1. The third-order valence-electron chi connectivity index (χ3n) is 4.01. The predicted octanol–water partition coefficient (Wildman–Crippen LogP) is 2.55. The summed E-state index contributed by atoms with van der Waals surface area (Å²) in [6.45, 7) is 3.31. The zero-order valence-corrected chi connectivity index (χ0v) is 12.3. The van der Waals surface area contributed by atoms with Gasteiger partial charge in [-0.1, -0.05) is 12.1 Å². The van der Waals surface area contributed by atoms with Gasteiger partial charge >= 0.3 is 0 Å². The highest BCUT2D eigenvalue weighted by molar-refractivity contribution is 5.46. The van der Waals surface area contributed by atoms with Gasteiger partial charge in [0.15, 0.2) is 0 Å². The summed E-state index contributed by atoms with van der Waals surface area (Å²) >= 11 is 0. The summed E-state index contributed by atoms with van der Waals surface area (Å²) in [4.78, 5) is 12.5. The van der Waals surface area contributed by atoms with E-state index in [1.54, 1.807) is 12.3 Å². The maximum absolute atomic E-state index is 5.43. The summed E-state index contributed by atoms with van der Waals surface area (Å²) in [6.07, 6.45) is 8.93. The third kappa shape index (κ3) is 3.44. The molecule has 2 heterocycles. The molecule has 6 nitrogen and oxygen atoms in total. The van der Waals surface area contributed by atoms with Crippen LogP contribution in [0, 0.1) is 0 Å². The van der Waals surface area contributed by atoms with Crippen molar-refractivity contribution in [3.63, 3.8) is 0 Å². The molecule has 112 valence electrons. The highest BCUT2D eigenvalue weighted by Crippen LogP contribution is 2.32. The van der Waals surface area contributed by atoms with Crippen molar-refractivity contribution in [2.75, 3.05) is 6.54 Å². The Hall–Kier alpha value is -1.82. The van der Waals surface area contributed by atoms with Crippen molar-refractivity contribution in [2.45, 2.75) is 51.0 Å². The molecule has 1 aliphatic carbocycles. The molecule has 2 aromatic rings. The first-order valence-electron chi connectivity index (χ1n) is 7.70. The van der Waals surface area contributed by atoms with Gasteiger partial charge in [-0.3, -0.25) is 0 Å². The Morgan fingerprint density at radius 3 is 2.86 bits per heavy atom. The zero-order chi connectivity index (χ0) is 14.5. The van der Waals surface area contributed by atoms with Gasteiger partial charge in [-0.25, -0.2) is 9.97 Å². The lowest BCUT2D eigenvalue weighted by Gasteiger charge is -2.27. The van der Waals surface area contributed by atoms with Crippen molar-refractivity contribution in [1.82, 2.24) is 25.4 Å². The van der Waals surface area contributed by atoms with Crippen LogP contribution in [0.2, 0.25) is 0 Å². The third-order valence-corrected chi connectivity index (χ3v) is 4.01. The van der Waals surface area contributed by atoms with Crippen LogP contribution >= 0.6 is 0 Å². The Labute approximate surface area is 124 Å². The normalized spacial score (nSPS) is 22.3. The average molecular weight is 287 g/mol. The molecule has 3 rings (SSSR count). The summed E-state index contributed by atoms with van der Waals surface area (Å²) in [7, 11) is 0. The van der Waals surface area contributed by atoms with Crippen LogP contribution in [0.25, 0.3) is 11.5 Å². The quantitative estimate of drug-likeness (QED) is 0.910. The van der Waals surface area contributed by atoms with Crippen LogP contribution < -0.4 is 5.32 Å². The summed E-state index contributed by atoms with van der Waals surface area (Å²) < 4.78 is 5.43. The van der Waals surface area contributed by atoms with Crippen molar-refractivity contribution in [3.8, 4) is 11.5 Å². The zero-order valence-electron chi connectivity index (χ0n) is 12.3. The Kier molecular flexibility index (Phi) is 4.55. The maximum atomic E-state index is 5.43. The van der Waals surface area contributed by atoms with Gasteiger partial charge in [-0.15, -0.1) is 0 Å². The second kappa shape index (κ2) is 6.76. The number of hydrogen-bond donors (Lipinski definition) is 1. The Morgan fingerprint density at radius 2 is 2.14 bits per heavy atom. The minimum absolute atomic E-state index is 0.382. The molecule has 1 N–H and O–H groups in total. The molecule has 0 aromatic carbocycles. The number of nitrogens with zero attached hydrogens (tertiary/aromatic N) is 4. The van der Waals surface area contributed by atoms with Crippen molar-refractivity contribution < 1.29 is 4.52 Å². The minimum atomic E-state index is 0.382. The van der Waals surface area contributed by atoms with Gasteiger partial charge in [-0.05, 0) is 44.7 Å². The average Bonchev–Trinajstić information content (AvgIpc) is 3.04. The molecular weight excluding hydrogens is 266 g/mol. The second-order valence-corrected chi connectivity index (χ2v) is 5.55. The standard InChI is InChI=1S/C15H21N5O/c1-2-8-17-12-5-3-11(4-6-12)15-19-14(20-21-15)13-7-9-16-10-18-13/h7,9-12,17H,2-6,8H2,1H3. The molecule has 0 atom stereocenters. The van der Waals surface area contributed by atoms with Gasteiger partial charge in [-0.2, -0.15) is 4.98 Å². The molecular formula is C15H21N5O. The van der Waals surface area contributed by atoms with E-state index in [0.717, 1.165) is 25.3 Å². The monoisotopic (exact) mass is 287 g/mol. The van der Waals surface area contributed by atoms with Crippen molar-refractivity contribution >= 4 is 0 Å². The van der Waals surface area contributed by atoms with Crippen LogP contribution in [0.4, 0.5) is 0 Å². The fourth-order valence-electron chi connectivity index (χ4n) is 2.82. The molecule has 0 unspecified atom stereocenters. The number of hydrogen-bond acceptors (Lipinski definition) is 6. The van der Waals surface area contributed by atoms with Crippen molar-refractivity contribution in [1.29, 1.82) is 0 Å². The highest BCUT2D eigenvalue weighted by atomic mass is 16.5. The number of rotatable bonds is 5. The lowest BCUT2D eigenvalue weighted by molar-refractivity contribution is 0.283. The largest absolute Gasteiger partial charge is 0.339 e. The molecule has 2 aromatic heterocycles. The Balaban J connectivity index is 1.60. The molecule has 0 radical (unpaired) electrons. The van der Waals surface area contributed by atoms with Crippen molar-refractivity contribution in [2.24, 2.45) is 0 Å². The SMILES string of the molecule is CCCNC1CCC(c2nc(-c3ccncn3)no2)CC1. The van der Waals surface area contributed by atoms with E-state index < -0.39 is 0 Å². The molecule has 0 bridgehead atoms. The highest BCUT2D eigenvalue weighted by Gasteiger charge is 2.26. The smallest absolute Gasteiger partial charge is 0.230 e. The van der Waals surface area contributed by atoms with E-state index in [4.69, 9.17) is 4.52 Å². The van der Waals surface area contributed by atoms with Crippen molar-refractivity contribution in [3.05, 3.63) is 24.5 Å². The van der Waals surface area contributed by atoms with Gasteiger partial charge in [0.2, 0.25) is 11.7 Å². The van der Waals surface area contributed by atoms with E-state index in [0.29, 0.717) is 23.5 Å². The van der Waals surface area contributed by atoms with Crippen LogP contribution in [0.15, 0.2) is 23.1 Å². The Bertz CT molecular complexity index is 548. The molecule has 21 heavy (non-hydrogen) atoms. The van der Waals surface area contributed by atoms with Gasteiger partial charge in [0, 0.05) is 18.2 Å². The van der Waals surface area contributed by atoms with Crippen LogP contribution in [0.3, 0.4) is 0 Å². The first-order valence-corrected chi connectivity index (χ1v) is 7.70. The molecule has 0 spiro atoms. The molecule has 1 fully saturated rings. The van der Waals surface area contributed by atoms with Gasteiger partial charge in [0.05, 0.1) is 0 Å². The van der Waals surface area contributed by atoms with E-state index in [9.17, 15) is 0 Å². The van der Waals surface area contributed by atoms with E-state index in [1.165, 1.54) is 25.6 Å². The molecule has 0 amide bonds. The summed E-state index contributed by atoms with van der Waals surface area (Å²) in [5.41, 5.74) is 0.707. The predicted molar refractivity (Wildman–Crippen MR) is 78.6 cm³/mol. The fraction of sp³-hybridized carbons (Fsp3) is 0.600. The van der Waals surface area contributed by atoms with Gasteiger partial charge < -0.3 is 9.84 Å². The fourth-order valence-corrected chi connectivity index (χ4v) is 2.82. The molecule has 0 aliphatic heterocycles. The van der Waals surface area contributed by atoms with Crippen LogP contribution in [-0.4, -0.2) is 32.7 Å². The molecule has 0 saturated heterocycles. The maximum Gasteiger partial charge on any atom is 0.230 e. The topological polar surface area (TPSA) is 76.7 Å². The summed E-state index contributed by atoms with van der Waals surface area (Å²) in [6, 6.07) is 2.44. The lowest BCUT2D eigenvalue weighted by atomic mass is 9.86. The van der Waals surface area contributed by atoms with E-state index >= 15 is 0 Å². The van der Waals surface area contributed by atoms with Gasteiger partial charge in [0.1, 0.15) is 12.0 Å². The van der Waals surface area contributed by atoms with E-state index in [-0.39, 0.29) is 0 Å². The van der Waals surface area contributed by atoms with Crippen LogP contribution in [0.5, 0.6) is 0 Å². The lowest BCUT2D eigenvalue weighted by Crippen LogP contribution is -2.33. The Morgan fingerprint density at radius 1 is 1.29 bits per heavy atom. The van der Waals surface area contributed by atoms with Crippen LogP contribution in [0.1, 0.15) is 50.8 Å². The summed E-state index contributed by atoms with van der Waals surface area (Å²) in [5.74, 6) is 1.68. The van der Waals surface area contributed by atoms with Crippen LogP contribution in [-0.2, 0) is 0 Å². The van der Waals surface area contributed by atoms with E-state index in [2.05, 4.69) is 32.3 Å². The molecule has 6 heteroatoms. The minimum Gasteiger partial charge on any atom is -0.339 e. The molecule has 1 saturated carbocycles. The number of nitrogens with one attached hydrogen (secondary N) is 1. The first-order chi connectivity index (χ1) is 10.4.